The number of ether oxygens (including phenoxy) is 1. The van der Waals surface area contributed by atoms with Crippen LogP contribution in [0.3, 0.4) is 0 Å². The van der Waals surface area contributed by atoms with Crippen LogP contribution in [0.1, 0.15) is 122 Å². The molecule has 0 saturated heterocycles. The Balaban J connectivity index is 4.03. The summed E-state index contributed by atoms with van der Waals surface area (Å²) in [5, 5.41) is 11.0. The van der Waals surface area contributed by atoms with Crippen LogP contribution in [0.5, 0.6) is 0 Å². The third-order valence-corrected chi connectivity index (χ3v) is 5.73. The molecular formula is C25H44F3NO5. The van der Waals surface area contributed by atoms with E-state index in [9.17, 15) is 27.6 Å². The molecular weight excluding hydrogens is 451 g/mol. The Morgan fingerprint density at radius 1 is 0.765 bits per heavy atom. The predicted molar refractivity (Wildman–Crippen MR) is 125 cm³/mol. The van der Waals surface area contributed by atoms with E-state index in [1.165, 1.54) is 57.8 Å². The van der Waals surface area contributed by atoms with E-state index in [0.29, 0.717) is 12.8 Å². The molecule has 0 aromatic carbocycles. The molecule has 0 rings (SSSR count). The number of alkyl halides is 3. The molecule has 0 aliphatic rings. The lowest BCUT2D eigenvalue weighted by atomic mass is 10.0. The summed E-state index contributed by atoms with van der Waals surface area (Å²) in [5.41, 5.74) is 0. The number of hydrogen-bond acceptors (Lipinski definition) is 4. The van der Waals surface area contributed by atoms with Crippen LogP contribution < -0.4 is 5.32 Å². The van der Waals surface area contributed by atoms with Gasteiger partial charge in [-0.05, 0) is 25.7 Å². The third kappa shape index (κ3) is 20.8. The number of rotatable bonds is 22. The number of carbonyl (C=O) groups is 3. The molecule has 34 heavy (non-hydrogen) atoms. The maximum atomic E-state index is 12.6. The van der Waals surface area contributed by atoms with E-state index in [1.54, 1.807) is 0 Å². The molecule has 0 bridgehead atoms. The van der Waals surface area contributed by atoms with Crippen LogP contribution in [0.2, 0.25) is 0 Å². The van der Waals surface area contributed by atoms with Gasteiger partial charge >= 0.3 is 18.1 Å². The van der Waals surface area contributed by atoms with Gasteiger partial charge in [-0.2, -0.15) is 13.2 Å². The SMILES string of the molecule is CCCCCCCCCCCCCCCC(CCCC(=O)NCCC(=O)O)OC(=O)C(F)(F)F. The summed E-state index contributed by atoms with van der Waals surface area (Å²) in [6.07, 6.45) is 9.77. The summed E-state index contributed by atoms with van der Waals surface area (Å²) >= 11 is 0. The Morgan fingerprint density at radius 3 is 1.71 bits per heavy atom. The first-order chi connectivity index (χ1) is 16.2. The number of halogens is 3. The molecule has 1 atom stereocenters. The van der Waals surface area contributed by atoms with Crippen molar-refractivity contribution in [2.45, 2.75) is 135 Å². The normalized spacial score (nSPS) is 12.4. The monoisotopic (exact) mass is 495 g/mol. The molecule has 0 aliphatic heterocycles. The van der Waals surface area contributed by atoms with Gasteiger partial charge in [-0.15, -0.1) is 0 Å². The van der Waals surface area contributed by atoms with Crippen LogP contribution in [0.25, 0.3) is 0 Å². The van der Waals surface area contributed by atoms with E-state index >= 15 is 0 Å². The van der Waals surface area contributed by atoms with Crippen molar-refractivity contribution in [1.82, 2.24) is 5.32 Å². The second kappa shape index (κ2) is 20.6. The Kier molecular flexibility index (Phi) is 19.5. The maximum Gasteiger partial charge on any atom is 0.490 e. The fraction of sp³-hybridized carbons (Fsp3) is 0.880. The molecule has 0 aliphatic carbocycles. The lowest BCUT2D eigenvalue weighted by Crippen LogP contribution is -2.30. The maximum absolute atomic E-state index is 12.6. The zero-order valence-electron chi connectivity index (χ0n) is 20.7. The lowest BCUT2D eigenvalue weighted by molar-refractivity contribution is -0.205. The molecule has 0 radical (unpaired) electrons. The van der Waals surface area contributed by atoms with Gasteiger partial charge in [-0.1, -0.05) is 84.0 Å². The number of hydrogen-bond donors (Lipinski definition) is 2. The van der Waals surface area contributed by atoms with Crippen LogP contribution >= 0.6 is 0 Å². The van der Waals surface area contributed by atoms with Crippen LogP contribution in [0, 0.1) is 0 Å². The van der Waals surface area contributed by atoms with Crippen molar-refractivity contribution in [3.63, 3.8) is 0 Å². The van der Waals surface area contributed by atoms with Crippen LogP contribution in [-0.4, -0.2) is 41.8 Å². The average Bonchev–Trinajstić information content (AvgIpc) is 2.75. The fourth-order valence-electron chi connectivity index (χ4n) is 3.76. The second-order valence-corrected chi connectivity index (χ2v) is 8.94. The minimum Gasteiger partial charge on any atom is -0.481 e. The van der Waals surface area contributed by atoms with E-state index in [0.717, 1.165) is 19.3 Å². The summed E-state index contributed by atoms with van der Waals surface area (Å²) in [6.45, 7) is 2.21. The Hall–Kier alpha value is -1.80. The van der Waals surface area contributed by atoms with E-state index in [1.807, 2.05) is 0 Å². The number of amides is 1. The molecule has 0 heterocycles. The quantitative estimate of drug-likeness (QED) is 0.129. The topological polar surface area (TPSA) is 92.7 Å². The third-order valence-electron chi connectivity index (χ3n) is 5.73. The van der Waals surface area contributed by atoms with Crippen molar-refractivity contribution in [3.8, 4) is 0 Å². The molecule has 0 saturated carbocycles. The predicted octanol–water partition coefficient (Wildman–Crippen LogP) is 6.70. The van der Waals surface area contributed by atoms with Gasteiger partial charge in [0.2, 0.25) is 5.91 Å². The zero-order valence-corrected chi connectivity index (χ0v) is 20.7. The minimum atomic E-state index is -5.04. The highest BCUT2D eigenvalue weighted by Crippen LogP contribution is 2.22. The van der Waals surface area contributed by atoms with Crippen molar-refractivity contribution in [3.05, 3.63) is 0 Å². The largest absolute Gasteiger partial charge is 0.490 e. The molecule has 0 aromatic rings. The Morgan fingerprint density at radius 2 is 1.24 bits per heavy atom. The van der Waals surface area contributed by atoms with E-state index in [4.69, 9.17) is 5.11 Å². The molecule has 9 heteroatoms. The molecule has 0 spiro atoms. The van der Waals surface area contributed by atoms with Gasteiger partial charge in [-0.25, -0.2) is 4.79 Å². The van der Waals surface area contributed by atoms with Crippen molar-refractivity contribution >= 4 is 17.8 Å². The number of aliphatic carboxylic acids is 1. The van der Waals surface area contributed by atoms with Crippen molar-refractivity contribution in [2.24, 2.45) is 0 Å². The van der Waals surface area contributed by atoms with Crippen molar-refractivity contribution in [1.29, 1.82) is 0 Å². The molecule has 1 unspecified atom stereocenters. The number of unbranched alkanes of at least 4 members (excludes halogenated alkanes) is 12. The summed E-state index contributed by atoms with van der Waals surface area (Å²) in [4.78, 5) is 33.4. The fourth-order valence-corrected chi connectivity index (χ4v) is 3.76. The molecule has 0 fully saturated rings. The first kappa shape index (κ1) is 32.2. The Labute approximate surface area is 202 Å². The summed E-state index contributed by atoms with van der Waals surface area (Å²) in [6, 6.07) is 0. The van der Waals surface area contributed by atoms with Crippen LogP contribution in [-0.2, 0) is 19.1 Å². The highest BCUT2D eigenvalue weighted by molar-refractivity contribution is 5.77. The highest BCUT2D eigenvalue weighted by Gasteiger charge is 2.42. The van der Waals surface area contributed by atoms with E-state index < -0.39 is 24.2 Å². The number of carboxylic acid groups (broad SMARTS) is 1. The second-order valence-electron chi connectivity index (χ2n) is 8.94. The van der Waals surface area contributed by atoms with Gasteiger partial charge in [0.1, 0.15) is 6.10 Å². The molecule has 1 amide bonds. The summed E-state index contributed by atoms with van der Waals surface area (Å²) < 4.78 is 42.4. The van der Waals surface area contributed by atoms with Gasteiger partial charge in [0.15, 0.2) is 0 Å². The highest BCUT2D eigenvalue weighted by atomic mass is 19.4. The van der Waals surface area contributed by atoms with Crippen molar-refractivity contribution in [2.75, 3.05) is 6.54 Å². The van der Waals surface area contributed by atoms with Gasteiger partial charge in [-0.3, -0.25) is 9.59 Å². The Bertz CT molecular complexity index is 555. The minimum absolute atomic E-state index is 0.000383. The number of nitrogens with one attached hydrogen (secondary N) is 1. The molecule has 0 aromatic heterocycles. The number of carboxylic acids is 1. The first-order valence-electron chi connectivity index (χ1n) is 12.9. The standard InChI is InChI=1S/C25H44F3NO5/c1-2-3-4-5-6-7-8-9-10-11-12-13-14-16-21(34-24(33)25(26,27)28)17-15-18-22(30)29-20-19-23(31)32/h21H,2-20H2,1H3,(H,29,30)(H,31,32). The summed E-state index contributed by atoms with van der Waals surface area (Å²) in [5.74, 6) is -3.60. The average molecular weight is 496 g/mol. The van der Waals surface area contributed by atoms with E-state index in [2.05, 4.69) is 17.0 Å². The zero-order chi connectivity index (χ0) is 25.7. The molecule has 6 nitrogen and oxygen atoms in total. The van der Waals surface area contributed by atoms with Gasteiger partial charge in [0.05, 0.1) is 6.42 Å². The smallest absolute Gasteiger partial charge is 0.481 e. The van der Waals surface area contributed by atoms with Crippen LogP contribution in [0.15, 0.2) is 0 Å². The van der Waals surface area contributed by atoms with Crippen molar-refractivity contribution < 1.29 is 37.4 Å². The lowest BCUT2D eigenvalue weighted by Gasteiger charge is -2.19. The summed E-state index contributed by atoms with van der Waals surface area (Å²) in [7, 11) is 0. The van der Waals surface area contributed by atoms with Gasteiger partial charge in [0.25, 0.3) is 0 Å². The van der Waals surface area contributed by atoms with Crippen LogP contribution in [0.4, 0.5) is 13.2 Å². The molecule has 200 valence electrons. The van der Waals surface area contributed by atoms with Gasteiger partial charge in [0, 0.05) is 13.0 Å². The molecule has 2 N–H and O–H groups in total. The number of esters is 1. The number of carbonyl (C=O) groups excluding carboxylic acids is 2. The first-order valence-corrected chi connectivity index (χ1v) is 12.9. The van der Waals surface area contributed by atoms with E-state index in [-0.39, 0.29) is 38.1 Å². The van der Waals surface area contributed by atoms with Gasteiger partial charge < -0.3 is 15.2 Å².